The molecule has 19 heavy (non-hydrogen) atoms. The Balaban J connectivity index is 2.44. The molecule has 2 nitrogen and oxygen atoms in total. The third kappa shape index (κ3) is 3.42. The number of hydrogen-bond acceptors (Lipinski definition) is 3. The molecule has 0 amide bonds. The van der Waals surface area contributed by atoms with Crippen LogP contribution in [0.15, 0.2) is 50.9 Å². The van der Waals surface area contributed by atoms with Crippen molar-refractivity contribution >= 4 is 27.7 Å². The lowest BCUT2D eigenvalue weighted by molar-refractivity contribution is -0.140. The van der Waals surface area contributed by atoms with Gasteiger partial charge in [0.25, 0.3) is 0 Å². The van der Waals surface area contributed by atoms with E-state index in [2.05, 4.69) is 20.9 Å². The Bertz CT molecular complexity index is 604. The summed E-state index contributed by atoms with van der Waals surface area (Å²) in [6, 6.07) is 7.14. The maximum atomic E-state index is 12.9. The highest BCUT2D eigenvalue weighted by Gasteiger charge is 2.35. The molecule has 0 unspecified atom stereocenters. The number of alkyl halides is 3. The highest BCUT2D eigenvalue weighted by Crippen LogP contribution is 2.41. The number of aromatic hydroxyl groups is 1. The van der Waals surface area contributed by atoms with E-state index in [1.165, 1.54) is 18.3 Å². The molecule has 0 fully saturated rings. The van der Waals surface area contributed by atoms with E-state index < -0.39 is 11.7 Å². The zero-order chi connectivity index (χ0) is 14.0. The van der Waals surface area contributed by atoms with Crippen LogP contribution in [-0.2, 0) is 6.18 Å². The van der Waals surface area contributed by atoms with Gasteiger partial charge in [0.2, 0.25) is 0 Å². The summed E-state index contributed by atoms with van der Waals surface area (Å²) in [5, 5.41) is 9.38. The van der Waals surface area contributed by atoms with Crippen molar-refractivity contribution in [2.45, 2.75) is 16.1 Å². The smallest absolute Gasteiger partial charge is 0.419 e. The molecule has 0 atom stereocenters. The summed E-state index contributed by atoms with van der Waals surface area (Å²) < 4.78 is 38.9. The van der Waals surface area contributed by atoms with Crippen molar-refractivity contribution < 1.29 is 18.3 Å². The van der Waals surface area contributed by atoms with Crippen LogP contribution >= 0.6 is 27.7 Å². The average Bonchev–Trinajstić information content (AvgIpc) is 2.33. The van der Waals surface area contributed by atoms with Crippen LogP contribution in [0, 0.1) is 0 Å². The molecule has 1 aromatic carbocycles. The third-order valence-corrected chi connectivity index (χ3v) is 3.71. The van der Waals surface area contributed by atoms with E-state index in [1.807, 2.05) is 0 Å². The quantitative estimate of drug-likeness (QED) is 0.851. The van der Waals surface area contributed by atoms with E-state index in [1.54, 1.807) is 12.1 Å². The Labute approximate surface area is 119 Å². The monoisotopic (exact) mass is 349 g/mol. The average molecular weight is 350 g/mol. The van der Waals surface area contributed by atoms with Crippen molar-refractivity contribution in [2.24, 2.45) is 0 Å². The van der Waals surface area contributed by atoms with Gasteiger partial charge in [-0.2, -0.15) is 13.2 Å². The minimum Gasteiger partial charge on any atom is -0.507 e. The van der Waals surface area contributed by atoms with Gasteiger partial charge < -0.3 is 5.11 Å². The number of benzene rings is 1. The second-order valence-electron chi connectivity index (χ2n) is 3.57. The van der Waals surface area contributed by atoms with E-state index in [0.717, 1.165) is 17.8 Å². The van der Waals surface area contributed by atoms with Crippen LogP contribution in [0.3, 0.4) is 0 Å². The third-order valence-electron chi connectivity index (χ3n) is 2.20. The van der Waals surface area contributed by atoms with Crippen molar-refractivity contribution in [3.05, 3.63) is 46.6 Å². The molecule has 0 aliphatic rings. The molecule has 100 valence electrons. The summed E-state index contributed by atoms with van der Waals surface area (Å²) in [5.41, 5.74) is -0.838. The van der Waals surface area contributed by atoms with Crippen molar-refractivity contribution in [3.63, 3.8) is 0 Å². The molecule has 0 aliphatic carbocycles. The molecule has 0 spiro atoms. The maximum absolute atomic E-state index is 12.9. The molecule has 1 heterocycles. The van der Waals surface area contributed by atoms with Gasteiger partial charge in [0.05, 0.1) is 10.5 Å². The number of phenolic OH excluding ortho intramolecular Hbond substituents is 1. The number of halogens is 4. The number of hydrogen-bond donors (Lipinski definition) is 1. The summed E-state index contributed by atoms with van der Waals surface area (Å²) in [6.07, 6.45) is -3.21. The van der Waals surface area contributed by atoms with Crippen LogP contribution in [0.5, 0.6) is 5.75 Å². The Morgan fingerprint density at radius 2 is 1.89 bits per heavy atom. The van der Waals surface area contributed by atoms with Gasteiger partial charge in [-0.25, -0.2) is 4.98 Å². The lowest BCUT2D eigenvalue weighted by Crippen LogP contribution is -2.08. The fourth-order valence-corrected chi connectivity index (χ4v) is 2.61. The lowest BCUT2D eigenvalue weighted by atomic mass is 10.3. The summed E-state index contributed by atoms with van der Waals surface area (Å²) >= 11 is 3.74. The summed E-state index contributed by atoms with van der Waals surface area (Å²) in [5.74, 6) is -0.0784. The maximum Gasteiger partial charge on any atom is 0.419 e. The van der Waals surface area contributed by atoms with Crippen molar-refractivity contribution in [1.29, 1.82) is 0 Å². The van der Waals surface area contributed by atoms with Gasteiger partial charge in [0, 0.05) is 10.7 Å². The fourth-order valence-electron chi connectivity index (χ4n) is 1.36. The van der Waals surface area contributed by atoms with Crippen LogP contribution in [0.25, 0.3) is 0 Å². The Morgan fingerprint density at radius 1 is 1.21 bits per heavy atom. The second-order valence-corrected chi connectivity index (χ2v) is 5.52. The van der Waals surface area contributed by atoms with Gasteiger partial charge >= 0.3 is 6.18 Å². The fraction of sp³-hybridized carbons (Fsp3) is 0.0833. The minimum absolute atomic E-state index is 0.0784. The van der Waals surface area contributed by atoms with E-state index in [0.29, 0.717) is 4.90 Å². The Hall–Kier alpha value is -1.21. The molecular formula is C12H7BrF3NOS. The highest BCUT2D eigenvalue weighted by molar-refractivity contribution is 9.10. The normalized spacial score (nSPS) is 11.6. The molecule has 1 N–H and O–H groups in total. The van der Waals surface area contributed by atoms with Crippen molar-refractivity contribution in [2.75, 3.05) is 0 Å². The highest BCUT2D eigenvalue weighted by atomic mass is 79.9. The van der Waals surface area contributed by atoms with Crippen LogP contribution < -0.4 is 0 Å². The first-order valence-electron chi connectivity index (χ1n) is 5.06. The lowest BCUT2D eigenvalue weighted by Gasteiger charge is -2.12. The van der Waals surface area contributed by atoms with Gasteiger partial charge in [-0.3, -0.25) is 0 Å². The standard InChI is InChI=1S/C12H7BrF3NOS/c13-7-5-8(12(14,15)16)11(17-6-7)19-10-4-2-1-3-9(10)18/h1-6,18H. The van der Waals surface area contributed by atoms with Crippen molar-refractivity contribution in [3.8, 4) is 5.75 Å². The first kappa shape index (κ1) is 14.2. The summed E-state index contributed by atoms with van der Waals surface area (Å²) in [6.45, 7) is 0. The number of aromatic nitrogens is 1. The largest absolute Gasteiger partial charge is 0.507 e. The van der Waals surface area contributed by atoms with Gasteiger partial charge in [0.15, 0.2) is 0 Å². The molecule has 0 saturated carbocycles. The number of rotatable bonds is 2. The van der Waals surface area contributed by atoms with Crippen LogP contribution in [0.4, 0.5) is 13.2 Å². The second kappa shape index (κ2) is 5.42. The number of phenols is 1. The van der Waals surface area contributed by atoms with Gasteiger partial charge in [-0.1, -0.05) is 23.9 Å². The van der Waals surface area contributed by atoms with Gasteiger partial charge in [-0.15, -0.1) is 0 Å². The number of para-hydroxylation sites is 1. The molecule has 2 rings (SSSR count). The first-order valence-corrected chi connectivity index (χ1v) is 6.67. The number of pyridine rings is 1. The van der Waals surface area contributed by atoms with Gasteiger partial charge in [0.1, 0.15) is 10.8 Å². The molecular weight excluding hydrogens is 343 g/mol. The SMILES string of the molecule is Oc1ccccc1Sc1ncc(Br)cc1C(F)(F)F. The predicted octanol–water partition coefficient (Wildman–Crippen LogP) is 4.72. The van der Waals surface area contributed by atoms with E-state index in [-0.39, 0.29) is 15.2 Å². The molecule has 0 aliphatic heterocycles. The van der Waals surface area contributed by atoms with E-state index >= 15 is 0 Å². The topological polar surface area (TPSA) is 33.1 Å². The van der Waals surface area contributed by atoms with Gasteiger partial charge in [-0.05, 0) is 34.1 Å². The van der Waals surface area contributed by atoms with Crippen LogP contribution in [0.1, 0.15) is 5.56 Å². The summed E-state index contributed by atoms with van der Waals surface area (Å²) in [4.78, 5) is 4.09. The van der Waals surface area contributed by atoms with E-state index in [9.17, 15) is 18.3 Å². The zero-order valence-corrected chi connectivity index (χ0v) is 11.7. The molecule has 0 radical (unpaired) electrons. The van der Waals surface area contributed by atoms with Crippen LogP contribution in [-0.4, -0.2) is 10.1 Å². The van der Waals surface area contributed by atoms with Crippen LogP contribution in [0.2, 0.25) is 0 Å². The van der Waals surface area contributed by atoms with Crippen molar-refractivity contribution in [1.82, 2.24) is 4.98 Å². The molecule has 0 bridgehead atoms. The number of nitrogens with zero attached hydrogens (tertiary/aromatic N) is 1. The molecule has 1 aromatic heterocycles. The Morgan fingerprint density at radius 3 is 2.53 bits per heavy atom. The molecule has 2 aromatic rings. The summed E-state index contributed by atoms with van der Waals surface area (Å²) in [7, 11) is 0. The molecule has 7 heteroatoms. The first-order chi connectivity index (χ1) is 8.88. The van der Waals surface area contributed by atoms with E-state index in [4.69, 9.17) is 0 Å². The minimum atomic E-state index is -4.50. The predicted molar refractivity (Wildman–Crippen MR) is 69.2 cm³/mol. The Kier molecular flexibility index (Phi) is 4.05. The molecule has 0 saturated heterocycles. The zero-order valence-electron chi connectivity index (χ0n) is 9.28.